The van der Waals surface area contributed by atoms with Gasteiger partial charge in [0, 0.05) is 25.0 Å². The minimum Gasteiger partial charge on any atom is -0.463 e. The van der Waals surface area contributed by atoms with Gasteiger partial charge in [0.1, 0.15) is 17.6 Å². The molecule has 294 valence electrons. The second kappa shape index (κ2) is 22.0. The maximum Gasteiger partial charge on any atom is 0.330 e. The fraction of sp³-hybridized carbons (Fsp3) is 0.311. The number of hydrogen-bond donors (Lipinski definition) is 4. The Balaban J connectivity index is 1.62. The number of ether oxygens (including phenoxy) is 1. The van der Waals surface area contributed by atoms with Crippen molar-refractivity contribution < 1.29 is 28.7 Å². The minimum absolute atomic E-state index is 0.0285. The average molecular weight is 777 g/mol. The van der Waals surface area contributed by atoms with Gasteiger partial charge in [0.05, 0.1) is 6.61 Å². The maximum absolute atomic E-state index is 14.2. The summed E-state index contributed by atoms with van der Waals surface area (Å²) in [6, 6.07) is 35.8. The summed E-state index contributed by atoms with van der Waals surface area (Å²) >= 11 is 0.965. The van der Waals surface area contributed by atoms with Crippen molar-refractivity contribution in [1.29, 1.82) is 0 Å². The van der Waals surface area contributed by atoms with E-state index < -0.39 is 41.4 Å². The molecule has 4 aromatic carbocycles. The average Bonchev–Trinajstić information content (AvgIpc) is 3.21. The van der Waals surface area contributed by atoms with Crippen LogP contribution in [0.15, 0.2) is 133 Å². The van der Waals surface area contributed by atoms with Crippen LogP contribution in [0.1, 0.15) is 62.3 Å². The largest absolute Gasteiger partial charge is 0.463 e. The number of carbonyl (C=O) groups excluding carboxylic acids is 5. The Bertz CT molecular complexity index is 1790. The normalized spacial score (nSPS) is 12.9. The molecule has 0 aromatic heterocycles. The van der Waals surface area contributed by atoms with Crippen molar-refractivity contribution in [2.75, 3.05) is 12.9 Å². The van der Waals surface area contributed by atoms with Crippen molar-refractivity contribution in [2.45, 2.75) is 70.1 Å². The molecular formula is C45H52N4O6S. The molecule has 0 aliphatic carbocycles. The topological polar surface area (TPSA) is 143 Å². The van der Waals surface area contributed by atoms with Gasteiger partial charge in [0.25, 0.3) is 5.24 Å². The van der Waals surface area contributed by atoms with Gasteiger partial charge in [-0.15, -0.1) is 0 Å². The molecule has 11 heteroatoms. The van der Waals surface area contributed by atoms with E-state index in [-0.39, 0.29) is 42.9 Å². The summed E-state index contributed by atoms with van der Waals surface area (Å²) in [4.78, 5) is 66.7. The molecule has 4 amide bonds. The van der Waals surface area contributed by atoms with Crippen molar-refractivity contribution in [1.82, 2.24) is 21.3 Å². The van der Waals surface area contributed by atoms with Crippen LogP contribution in [0.2, 0.25) is 0 Å². The third kappa shape index (κ3) is 12.7. The SMILES string of the molecule is CCOC(=O)/C=C/[C@H](CCC(=O)NC(c1ccccc1)(c1ccccc1)c1ccccc1)NC(=O)[C@H](Cc1ccccc1)NC(=O)[C@H](CC(C)C)NC(=O)SC. The van der Waals surface area contributed by atoms with Crippen LogP contribution in [0.4, 0.5) is 4.79 Å². The number of amides is 4. The third-order valence-electron chi connectivity index (χ3n) is 9.13. The lowest BCUT2D eigenvalue weighted by Crippen LogP contribution is -2.55. The summed E-state index contributed by atoms with van der Waals surface area (Å²) in [5.41, 5.74) is 2.35. The maximum atomic E-state index is 14.2. The molecular weight excluding hydrogens is 725 g/mol. The van der Waals surface area contributed by atoms with Crippen LogP contribution in [0.25, 0.3) is 0 Å². The number of hydrogen-bond acceptors (Lipinski definition) is 7. The first-order chi connectivity index (χ1) is 27.0. The van der Waals surface area contributed by atoms with Crippen molar-refractivity contribution in [2.24, 2.45) is 5.92 Å². The Morgan fingerprint density at radius 2 is 1.20 bits per heavy atom. The van der Waals surface area contributed by atoms with Gasteiger partial charge in [-0.1, -0.05) is 153 Å². The number of thioether (sulfide) groups is 1. The molecule has 0 spiro atoms. The molecule has 4 N–H and O–H groups in total. The summed E-state index contributed by atoms with van der Waals surface area (Å²) in [5, 5.41) is 11.6. The van der Waals surface area contributed by atoms with E-state index in [1.54, 1.807) is 13.2 Å². The van der Waals surface area contributed by atoms with E-state index in [1.165, 1.54) is 12.2 Å². The number of carbonyl (C=O) groups is 5. The highest BCUT2D eigenvalue weighted by Crippen LogP contribution is 2.37. The first-order valence-electron chi connectivity index (χ1n) is 18.9. The van der Waals surface area contributed by atoms with Crippen LogP contribution in [0, 0.1) is 5.92 Å². The van der Waals surface area contributed by atoms with E-state index in [0.29, 0.717) is 6.42 Å². The first kappa shape index (κ1) is 43.1. The summed E-state index contributed by atoms with van der Waals surface area (Å²) in [6.45, 7) is 5.75. The van der Waals surface area contributed by atoms with E-state index in [4.69, 9.17) is 4.74 Å². The van der Waals surface area contributed by atoms with Crippen LogP contribution in [0.5, 0.6) is 0 Å². The van der Waals surface area contributed by atoms with Gasteiger partial charge < -0.3 is 26.0 Å². The molecule has 0 unspecified atom stereocenters. The second-order valence-corrected chi connectivity index (χ2v) is 14.5. The molecule has 56 heavy (non-hydrogen) atoms. The van der Waals surface area contributed by atoms with Gasteiger partial charge in [-0.05, 0) is 54.2 Å². The van der Waals surface area contributed by atoms with Crippen LogP contribution in [0.3, 0.4) is 0 Å². The monoisotopic (exact) mass is 776 g/mol. The lowest BCUT2D eigenvalue weighted by molar-refractivity contribution is -0.137. The predicted octanol–water partition coefficient (Wildman–Crippen LogP) is 6.69. The molecule has 0 aliphatic rings. The first-order valence-corrected chi connectivity index (χ1v) is 20.1. The van der Waals surface area contributed by atoms with Crippen LogP contribution in [-0.2, 0) is 35.9 Å². The van der Waals surface area contributed by atoms with E-state index in [1.807, 2.05) is 135 Å². The van der Waals surface area contributed by atoms with Gasteiger partial charge in [0.15, 0.2) is 0 Å². The highest BCUT2D eigenvalue weighted by Gasteiger charge is 2.38. The van der Waals surface area contributed by atoms with Crippen molar-refractivity contribution in [3.05, 3.63) is 156 Å². The molecule has 0 saturated heterocycles. The summed E-state index contributed by atoms with van der Waals surface area (Å²) < 4.78 is 5.10. The van der Waals surface area contributed by atoms with Gasteiger partial charge in [0.2, 0.25) is 17.7 Å². The summed E-state index contributed by atoms with van der Waals surface area (Å²) in [7, 11) is 0. The molecule has 4 aromatic rings. The van der Waals surface area contributed by atoms with Gasteiger partial charge >= 0.3 is 5.97 Å². The van der Waals surface area contributed by atoms with Crippen LogP contribution in [-0.4, -0.2) is 59.9 Å². The Labute approximate surface area is 334 Å². The van der Waals surface area contributed by atoms with Crippen molar-refractivity contribution >= 4 is 40.7 Å². The van der Waals surface area contributed by atoms with E-state index >= 15 is 0 Å². The lowest BCUT2D eigenvalue weighted by Gasteiger charge is -2.37. The quantitative estimate of drug-likeness (QED) is 0.0472. The Morgan fingerprint density at radius 1 is 0.696 bits per heavy atom. The van der Waals surface area contributed by atoms with Crippen molar-refractivity contribution in [3.63, 3.8) is 0 Å². The zero-order valence-electron chi connectivity index (χ0n) is 32.4. The lowest BCUT2D eigenvalue weighted by atomic mass is 9.77. The zero-order valence-corrected chi connectivity index (χ0v) is 33.2. The Kier molecular flexibility index (Phi) is 16.9. The van der Waals surface area contributed by atoms with E-state index in [9.17, 15) is 24.0 Å². The van der Waals surface area contributed by atoms with E-state index in [0.717, 1.165) is 34.0 Å². The molecule has 0 radical (unpaired) electrons. The van der Waals surface area contributed by atoms with Gasteiger partial charge in [-0.3, -0.25) is 19.2 Å². The van der Waals surface area contributed by atoms with Crippen molar-refractivity contribution in [3.8, 4) is 0 Å². The Hall–Kier alpha value is -5.68. The highest BCUT2D eigenvalue weighted by molar-refractivity contribution is 8.12. The molecule has 3 atom stereocenters. The fourth-order valence-electron chi connectivity index (χ4n) is 6.46. The molecule has 0 heterocycles. The molecule has 0 fully saturated rings. The predicted molar refractivity (Wildman–Crippen MR) is 222 cm³/mol. The highest BCUT2D eigenvalue weighted by atomic mass is 32.2. The molecule has 0 bridgehead atoms. The minimum atomic E-state index is -1.04. The fourth-order valence-corrected chi connectivity index (χ4v) is 6.72. The number of benzene rings is 4. The summed E-state index contributed by atoms with van der Waals surface area (Å²) in [6.07, 6.45) is 4.98. The van der Waals surface area contributed by atoms with E-state index in [2.05, 4.69) is 21.3 Å². The third-order valence-corrected chi connectivity index (χ3v) is 9.61. The number of rotatable bonds is 19. The summed E-state index contributed by atoms with van der Waals surface area (Å²) in [5.74, 6) is -1.81. The van der Waals surface area contributed by atoms with Gasteiger partial charge in [-0.25, -0.2) is 4.79 Å². The number of nitrogens with one attached hydrogen (secondary N) is 4. The van der Waals surface area contributed by atoms with Gasteiger partial charge in [-0.2, -0.15) is 0 Å². The smallest absolute Gasteiger partial charge is 0.330 e. The molecule has 0 aliphatic heterocycles. The molecule has 0 saturated carbocycles. The van der Waals surface area contributed by atoms with Crippen LogP contribution >= 0.6 is 11.8 Å². The molecule has 4 rings (SSSR count). The Morgan fingerprint density at radius 3 is 1.68 bits per heavy atom. The van der Waals surface area contributed by atoms with Crippen LogP contribution < -0.4 is 21.3 Å². The number of esters is 1. The standard InChI is InChI=1S/C45H52N4O6S/c1-5-55-41(51)29-27-37(46-42(52)39(31-33-18-10-6-11-19-33)47-43(53)38(30-32(2)3)48-44(54)56-4)26-28-40(50)49-45(34-20-12-7-13-21-34,35-22-14-8-15-23-35)36-24-16-9-17-25-36/h6-25,27,29,32,37-39H,5,26,28,30-31H2,1-4H3,(H,46,52)(H,47,53)(H,48,54)(H,49,50)/b29-27+/t37-,38-,39-/m0/s1. The second-order valence-electron chi connectivity index (χ2n) is 13.7. The molecule has 10 nitrogen and oxygen atoms in total. The zero-order chi connectivity index (χ0) is 40.3.